The molecule has 1 aliphatic heterocycles. The van der Waals surface area contributed by atoms with Gasteiger partial charge in [-0.1, -0.05) is 12.1 Å². The summed E-state index contributed by atoms with van der Waals surface area (Å²) in [5.74, 6) is 1.88. The Kier molecular flexibility index (Phi) is 5.50. The van der Waals surface area contributed by atoms with Crippen molar-refractivity contribution in [2.75, 3.05) is 19.6 Å². The van der Waals surface area contributed by atoms with Crippen molar-refractivity contribution in [3.05, 3.63) is 52.7 Å². The summed E-state index contributed by atoms with van der Waals surface area (Å²) in [4.78, 5) is 20.1. The maximum atomic E-state index is 12.8. The first kappa shape index (κ1) is 23.3. The second-order valence-electron chi connectivity index (χ2n) is 11.4. The van der Waals surface area contributed by atoms with E-state index in [0.717, 1.165) is 51.6 Å². The minimum atomic E-state index is -0.205. The van der Waals surface area contributed by atoms with Crippen LogP contribution < -0.4 is 5.69 Å². The van der Waals surface area contributed by atoms with Crippen molar-refractivity contribution in [3.8, 4) is 11.1 Å². The van der Waals surface area contributed by atoms with E-state index in [1.165, 1.54) is 19.5 Å². The van der Waals surface area contributed by atoms with Gasteiger partial charge < -0.3 is 4.74 Å². The normalized spacial score (nSPS) is 20.1. The molecule has 2 fully saturated rings. The summed E-state index contributed by atoms with van der Waals surface area (Å²) in [6.45, 7) is 12.3. The van der Waals surface area contributed by atoms with Crippen molar-refractivity contribution in [1.82, 2.24) is 29.2 Å². The molecule has 1 saturated carbocycles. The van der Waals surface area contributed by atoms with Gasteiger partial charge in [0.1, 0.15) is 5.52 Å². The van der Waals surface area contributed by atoms with Gasteiger partial charge in [-0.25, -0.2) is 4.79 Å². The minimum Gasteiger partial charge on any atom is -0.368 e. The second-order valence-corrected chi connectivity index (χ2v) is 11.4. The number of hydrogen-bond donors (Lipinski definition) is 0. The van der Waals surface area contributed by atoms with Gasteiger partial charge in [0.2, 0.25) is 0 Å². The number of rotatable bonds is 7. The zero-order valence-electron chi connectivity index (χ0n) is 21.7. The third-order valence-electron chi connectivity index (χ3n) is 7.71. The fourth-order valence-corrected chi connectivity index (χ4v) is 5.71. The number of imidazole rings is 1. The van der Waals surface area contributed by atoms with E-state index in [-0.39, 0.29) is 17.3 Å². The highest BCUT2D eigenvalue weighted by Gasteiger charge is 2.45. The van der Waals surface area contributed by atoms with E-state index in [4.69, 9.17) is 4.74 Å². The Morgan fingerprint density at radius 2 is 1.83 bits per heavy atom. The van der Waals surface area contributed by atoms with Gasteiger partial charge in [0.25, 0.3) is 0 Å². The average Bonchev–Trinajstić information content (AvgIpc) is 3.37. The van der Waals surface area contributed by atoms with E-state index >= 15 is 0 Å². The molecule has 0 amide bonds. The lowest BCUT2D eigenvalue weighted by molar-refractivity contribution is -0.0499. The summed E-state index contributed by atoms with van der Waals surface area (Å²) in [5.41, 5.74) is 4.85. The summed E-state index contributed by atoms with van der Waals surface area (Å²) < 4.78 is 9.64. The summed E-state index contributed by atoms with van der Waals surface area (Å²) >= 11 is 0. The lowest BCUT2D eigenvalue weighted by Gasteiger charge is -2.31. The Morgan fingerprint density at radius 1 is 1.08 bits per heavy atom. The quantitative estimate of drug-likeness (QED) is 0.390. The maximum Gasteiger partial charge on any atom is 0.330 e. The second kappa shape index (κ2) is 8.49. The first-order chi connectivity index (χ1) is 17.2. The van der Waals surface area contributed by atoms with Gasteiger partial charge in [0.15, 0.2) is 5.65 Å². The highest BCUT2D eigenvalue weighted by molar-refractivity contribution is 6.02. The molecule has 3 aromatic heterocycles. The molecule has 1 aliphatic carbocycles. The van der Waals surface area contributed by atoms with Crippen molar-refractivity contribution in [1.29, 1.82) is 0 Å². The van der Waals surface area contributed by atoms with Gasteiger partial charge in [-0.2, -0.15) is 0 Å². The first-order valence-corrected chi connectivity index (χ1v) is 12.9. The molecule has 2 unspecified atom stereocenters. The van der Waals surface area contributed by atoms with Gasteiger partial charge in [-0.15, -0.1) is 10.2 Å². The molecule has 0 bridgehead atoms. The fourth-order valence-electron chi connectivity index (χ4n) is 5.71. The molecule has 8 nitrogen and oxygen atoms in total. The number of aromatic nitrogens is 5. The van der Waals surface area contributed by atoms with Crippen LogP contribution in [-0.4, -0.2) is 54.5 Å². The van der Waals surface area contributed by atoms with Crippen molar-refractivity contribution >= 4 is 22.1 Å². The molecule has 8 heteroatoms. The smallest absolute Gasteiger partial charge is 0.330 e. The Labute approximate surface area is 210 Å². The molecule has 0 spiro atoms. The van der Waals surface area contributed by atoms with Crippen LogP contribution in [0.5, 0.6) is 0 Å². The van der Waals surface area contributed by atoms with E-state index in [2.05, 4.69) is 46.1 Å². The average molecular weight is 487 g/mol. The van der Waals surface area contributed by atoms with Crippen LogP contribution in [0.25, 0.3) is 33.2 Å². The summed E-state index contributed by atoms with van der Waals surface area (Å²) in [6, 6.07) is 10.2. The monoisotopic (exact) mass is 486 g/mol. The van der Waals surface area contributed by atoms with Crippen LogP contribution in [0.1, 0.15) is 45.9 Å². The molecular formula is C28H34N6O2. The first-order valence-electron chi connectivity index (χ1n) is 12.9. The number of fused-ring (bicyclic) bond motifs is 4. The van der Waals surface area contributed by atoms with Crippen molar-refractivity contribution < 1.29 is 4.74 Å². The van der Waals surface area contributed by atoms with E-state index in [0.29, 0.717) is 12.3 Å². The number of piperidine rings is 1. The number of hydrogen-bond acceptors (Lipinski definition) is 6. The van der Waals surface area contributed by atoms with Crippen molar-refractivity contribution in [3.63, 3.8) is 0 Å². The Balaban J connectivity index is 1.23. The molecule has 4 aromatic rings. The maximum absolute atomic E-state index is 12.8. The number of nitrogens with zero attached hydrogens (tertiary/aromatic N) is 6. The number of aryl methyl sites for hydroxylation is 1. The van der Waals surface area contributed by atoms with Crippen LogP contribution in [0.2, 0.25) is 0 Å². The van der Waals surface area contributed by atoms with Crippen molar-refractivity contribution in [2.24, 2.45) is 18.9 Å². The molecule has 2 aliphatic rings. The molecule has 1 saturated heterocycles. The minimum absolute atomic E-state index is 0.0126. The van der Waals surface area contributed by atoms with Crippen LogP contribution in [0.4, 0.5) is 0 Å². The van der Waals surface area contributed by atoms with Gasteiger partial charge >= 0.3 is 5.69 Å². The van der Waals surface area contributed by atoms with Gasteiger partial charge in [0, 0.05) is 49.9 Å². The molecular weight excluding hydrogens is 452 g/mol. The van der Waals surface area contributed by atoms with Gasteiger partial charge in [-0.3, -0.25) is 19.0 Å². The Bertz CT molecular complexity index is 1490. The van der Waals surface area contributed by atoms with Crippen LogP contribution in [0.3, 0.4) is 0 Å². The third kappa shape index (κ3) is 4.12. The lowest BCUT2D eigenvalue weighted by Crippen LogP contribution is -2.40. The van der Waals surface area contributed by atoms with Crippen LogP contribution in [0.15, 0.2) is 41.3 Å². The van der Waals surface area contributed by atoms with E-state index in [1.54, 1.807) is 16.2 Å². The third-order valence-corrected chi connectivity index (χ3v) is 7.71. The molecule has 4 heterocycles. The zero-order chi connectivity index (χ0) is 25.2. The molecule has 188 valence electrons. The number of ether oxygens (including phenoxy) is 1. The van der Waals surface area contributed by atoms with E-state index in [9.17, 15) is 4.79 Å². The summed E-state index contributed by atoms with van der Waals surface area (Å²) in [6.07, 6.45) is 3.32. The van der Waals surface area contributed by atoms with Crippen LogP contribution in [0, 0.1) is 11.8 Å². The van der Waals surface area contributed by atoms with Crippen LogP contribution in [-0.2, 0) is 18.4 Å². The van der Waals surface area contributed by atoms with E-state index < -0.39 is 0 Å². The molecule has 6 rings (SSSR count). The topological polar surface area (TPSA) is 78.1 Å². The molecule has 0 N–H and O–H groups in total. The number of pyridine rings is 1. The predicted octanol–water partition coefficient (Wildman–Crippen LogP) is 4.17. The molecule has 0 radical (unpaired) electrons. The largest absolute Gasteiger partial charge is 0.368 e. The standard InChI is InChI=1S/C28H34N6O2/c1-17(2)34-25-23-11-18(7-9-24(23)30-31-26(25)32(5)27(34)35)19-6-8-22(29-12-19)15-36-28(3,4)16-33-13-20-10-21(20)14-33/h6-9,11-12,17,20-21H,10,13-16H2,1-5H3. The van der Waals surface area contributed by atoms with Gasteiger partial charge in [-0.05, 0) is 69.7 Å². The number of likely N-dealkylation sites (tertiary alicyclic amines) is 1. The van der Waals surface area contributed by atoms with Crippen LogP contribution >= 0.6 is 0 Å². The predicted molar refractivity (Wildman–Crippen MR) is 141 cm³/mol. The summed E-state index contributed by atoms with van der Waals surface area (Å²) in [5, 5.41) is 9.61. The van der Waals surface area contributed by atoms with Crippen molar-refractivity contribution in [2.45, 2.75) is 52.4 Å². The zero-order valence-corrected chi connectivity index (χ0v) is 21.7. The Morgan fingerprint density at radius 3 is 2.53 bits per heavy atom. The number of benzene rings is 1. The fraction of sp³-hybridized carbons (Fsp3) is 0.500. The molecule has 36 heavy (non-hydrogen) atoms. The Hall–Kier alpha value is -3.10. The summed E-state index contributed by atoms with van der Waals surface area (Å²) in [7, 11) is 1.74. The molecule has 2 atom stereocenters. The SMILES string of the molecule is CC(C)n1c(=O)n(C)c2nnc3ccc(-c4ccc(COC(C)(C)CN5CC6CC6C5)nc4)cc3c21. The van der Waals surface area contributed by atoms with E-state index in [1.807, 2.05) is 38.2 Å². The highest BCUT2D eigenvalue weighted by Crippen LogP contribution is 2.45. The highest BCUT2D eigenvalue weighted by atomic mass is 16.5. The lowest BCUT2D eigenvalue weighted by atomic mass is 10.0. The molecule has 1 aromatic carbocycles. The van der Waals surface area contributed by atoms with Gasteiger partial charge in [0.05, 0.1) is 23.4 Å².